The van der Waals surface area contributed by atoms with Crippen LogP contribution in [0.5, 0.6) is 5.75 Å². The standard InChI is InChI=1S/C24H24N2O2/c1-16-6-4-5-7-20(16)22-17(2)8-13-21(25-22)26-23(27)24(14-15-24)18-9-11-19(28-3)12-10-18/h4-13H,14-15H2,1-3H3,(H,25,26,27). The maximum absolute atomic E-state index is 13.1. The minimum atomic E-state index is -0.457. The third-order valence-electron chi connectivity index (χ3n) is 5.57. The van der Waals surface area contributed by atoms with Crippen LogP contribution in [-0.4, -0.2) is 18.0 Å². The van der Waals surface area contributed by atoms with E-state index in [0.29, 0.717) is 5.82 Å². The average molecular weight is 372 g/mol. The van der Waals surface area contributed by atoms with Gasteiger partial charge < -0.3 is 10.1 Å². The molecule has 4 heteroatoms. The summed E-state index contributed by atoms with van der Waals surface area (Å²) in [4.78, 5) is 17.8. The molecule has 1 aliphatic carbocycles. The number of rotatable bonds is 5. The summed E-state index contributed by atoms with van der Waals surface area (Å²) in [6.45, 7) is 4.12. The molecule has 0 aliphatic heterocycles. The molecule has 0 radical (unpaired) electrons. The summed E-state index contributed by atoms with van der Waals surface area (Å²) in [7, 11) is 1.64. The Morgan fingerprint density at radius 2 is 1.68 bits per heavy atom. The van der Waals surface area contributed by atoms with Crippen LogP contribution in [0.2, 0.25) is 0 Å². The van der Waals surface area contributed by atoms with Crippen LogP contribution in [0.15, 0.2) is 60.7 Å². The van der Waals surface area contributed by atoms with E-state index in [1.807, 2.05) is 55.5 Å². The number of nitrogens with zero attached hydrogens (tertiary/aromatic N) is 1. The number of carbonyl (C=O) groups excluding carboxylic acids is 1. The highest BCUT2D eigenvalue weighted by atomic mass is 16.5. The number of benzene rings is 2. The van der Waals surface area contributed by atoms with Crippen molar-refractivity contribution >= 4 is 11.7 Å². The van der Waals surface area contributed by atoms with Gasteiger partial charge in [-0.1, -0.05) is 42.5 Å². The van der Waals surface area contributed by atoms with Gasteiger partial charge in [0.1, 0.15) is 11.6 Å². The van der Waals surface area contributed by atoms with E-state index in [9.17, 15) is 4.79 Å². The number of carbonyl (C=O) groups is 1. The lowest BCUT2D eigenvalue weighted by atomic mass is 9.95. The van der Waals surface area contributed by atoms with Crippen LogP contribution in [0.4, 0.5) is 5.82 Å². The second kappa shape index (κ2) is 7.12. The number of hydrogen-bond acceptors (Lipinski definition) is 3. The van der Waals surface area contributed by atoms with Gasteiger partial charge in [0.2, 0.25) is 5.91 Å². The van der Waals surface area contributed by atoms with E-state index in [4.69, 9.17) is 9.72 Å². The van der Waals surface area contributed by atoms with Crippen LogP contribution >= 0.6 is 0 Å². The number of hydrogen-bond donors (Lipinski definition) is 1. The van der Waals surface area contributed by atoms with Gasteiger partial charge in [0, 0.05) is 5.56 Å². The Balaban J connectivity index is 1.60. The second-order valence-corrected chi connectivity index (χ2v) is 7.44. The highest BCUT2D eigenvalue weighted by Gasteiger charge is 2.51. The Morgan fingerprint density at radius 3 is 2.32 bits per heavy atom. The summed E-state index contributed by atoms with van der Waals surface area (Å²) in [5.74, 6) is 1.39. The van der Waals surface area contributed by atoms with Gasteiger partial charge >= 0.3 is 0 Å². The Morgan fingerprint density at radius 1 is 0.964 bits per heavy atom. The highest BCUT2D eigenvalue weighted by Crippen LogP contribution is 2.49. The van der Waals surface area contributed by atoms with Crippen LogP contribution in [0.1, 0.15) is 29.5 Å². The molecular weight excluding hydrogens is 348 g/mol. The summed E-state index contributed by atoms with van der Waals surface area (Å²) < 4.78 is 5.22. The fourth-order valence-electron chi connectivity index (χ4n) is 3.63. The summed E-state index contributed by atoms with van der Waals surface area (Å²) in [5, 5.41) is 3.05. The van der Waals surface area contributed by atoms with Crippen molar-refractivity contribution in [3.63, 3.8) is 0 Å². The molecule has 1 aromatic heterocycles. The molecule has 0 bridgehead atoms. The quantitative estimate of drug-likeness (QED) is 0.682. The molecule has 142 valence electrons. The lowest BCUT2D eigenvalue weighted by Crippen LogP contribution is -2.28. The molecule has 0 unspecified atom stereocenters. The molecule has 4 nitrogen and oxygen atoms in total. The minimum Gasteiger partial charge on any atom is -0.497 e. The van der Waals surface area contributed by atoms with Gasteiger partial charge in [-0.3, -0.25) is 4.79 Å². The van der Waals surface area contributed by atoms with E-state index < -0.39 is 5.41 Å². The van der Waals surface area contributed by atoms with Gasteiger partial charge in [-0.25, -0.2) is 4.98 Å². The maximum atomic E-state index is 13.1. The average Bonchev–Trinajstić information content (AvgIpc) is 3.52. The van der Waals surface area contributed by atoms with Crippen LogP contribution in [-0.2, 0) is 10.2 Å². The van der Waals surface area contributed by atoms with Crippen LogP contribution in [0.25, 0.3) is 11.3 Å². The van der Waals surface area contributed by atoms with E-state index in [0.717, 1.165) is 41.0 Å². The first kappa shape index (κ1) is 18.2. The van der Waals surface area contributed by atoms with Crippen molar-refractivity contribution < 1.29 is 9.53 Å². The van der Waals surface area contributed by atoms with Gasteiger partial charge in [-0.05, 0) is 61.6 Å². The molecule has 1 aliphatic rings. The van der Waals surface area contributed by atoms with Crippen molar-refractivity contribution in [1.29, 1.82) is 0 Å². The summed E-state index contributed by atoms with van der Waals surface area (Å²) in [5.41, 5.74) is 4.82. The molecule has 0 atom stereocenters. The molecule has 1 saturated carbocycles. The van der Waals surface area contributed by atoms with Crippen molar-refractivity contribution in [2.75, 3.05) is 12.4 Å². The summed E-state index contributed by atoms with van der Waals surface area (Å²) in [6.07, 6.45) is 1.70. The normalized spacial score (nSPS) is 14.4. The van der Waals surface area contributed by atoms with Crippen LogP contribution in [0.3, 0.4) is 0 Å². The van der Waals surface area contributed by atoms with Crippen LogP contribution in [0, 0.1) is 13.8 Å². The summed E-state index contributed by atoms with van der Waals surface area (Å²) >= 11 is 0. The fraction of sp³-hybridized carbons (Fsp3) is 0.250. The fourth-order valence-corrected chi connectivity index (χ4v) is 3.63. The first-order valence-corrected chi connectivity index (χ1v) is 9.53. The molecule has 1 N–H and O–H groups in total. The van der Waals surface area contributed by atoms with Gasteiger partial charge in [-0.15, -0.1) is 0 Å². The van der Waals surface area contributed by atoms with E-state index >= 15 is 0 Å². The smallest absolute Gasteiger partial charge is 0.236 e. The number of ether oxygens (including phenoxy) is 1. The van der Waals surface area contributed by atoms with E-state index in [-0.39, 0.29) is 5.91 Å². The van der Waals surface area contributed by atoms with E-state index in [1.165, 1.54) is 5.56 Å². The molecule has 28 heavy (non-hydrogen) atoms. The Bertz CT molecular complexity index is 1020. The number of aryl methyl sites for hydroxylation is 2. The first-order valence-electron chi connectivity index (χ1n) is 9.53. The molecule has 1 heterocycles. The number of pyridine rings is 1. The van der Waals surface area contributed by atoms with Gasteiger partial charge in [0.05, 0.1) is 18.2 Å². The van der Waals surface area contributed by atoms with E-state index in [2.05, 4.69) is 24.4 Å². The Labute approximate surface area is 165 Å². The Hall–Kier alpha value is -3.14. The van der Waals surface area contributed by atoms with Gasteiger partial charge in [0.25, 0.3) is 0 Å². The third kappa shape index (κ3) is 3.26. The molecule has 3 aromatic rings. The topological polar surface area (TPSA) is 51.2 Å². The molecule has 2 aromatic carbocycles. The zero-order valence-corrected chi connectivity index (χ0v) is 16.5. The Kier molecular flexibility index (Phi) is 4.63. The molecule has 0 saturated heterocycles. The number of nitrogens with one attached hydrogen (secondary N) is 1. The monoisotopic (exact) mass is 372 g/mol. The SMILES string of the molecule is COc1ccc(C2(C(=O)Nc3ccc(C)c(-c4ccccc4C)n3)CC2)cc1. The number of aromatic nitrogens is 1. The van der Waals surface area contributed by atoms with Crippen molar-refractivity contribution in [3.05, 3.63) is 77.4 Å². The van der Waals surface area contributed by atoms with Crippen molar-refractivity contribution in [3.8, 4) is 17.0 Å². The van der Waals surface area contributed by atoms with Crippen molar-refractivity contribution in [2.45, 2.75) is 32.1 Å². The third-order valence-corrected chi connectivity index (χ3v) is 5.57. The molecule has 0 spiro atoms. The van der Waals surface area contributed by atoms with Crippen molar-refractivity contribution in [1.82, 2.24) is 4.98 Å². The number of methoxy groups -OCH3 is 1. The van der Waals surface area contributed by atoms with E-state index in [1.54, 1.807) is 7.11 Å². The van der Waals surface area contributed by atoms with Gasteiger partial charge in [-0.2, -0.15) is 0 Å². The zero-order valence-electron chi connectivity index (χ0n) is 16.5. The van der Waals surface area contributed by atoms with Crippen molar-refractivity contribution in [2.24, 2.45) is 0 Å². The molecule has 4 rings (SSSR count). The number of amides is 1. The maximum Gasteiger partial charge on any atom is 0.236 e. The first-order chi connectivity index (χ1) is 13.5. The minimum absolute atomic E-state index is 0.00440. The predicted molar refractivity (Wildman–Crippen MR) is 112 cm³/mol. The van der Waals surface area contributed by atoms with Gasteiger partial charge in [0.15, 0.2) is 0 Å². The lowest BCUT2D eigenvalue weighted by Gasteiger charge is -2.17. The lowest BCUT2D eigenvalue weighted by molar-refractivity contribution is -0.118. The predicted octanol–water partition coefficient (Wildman–Crippen LogP) is 5.04. The van der Waals surface area contributed by atoms with Crippen LogP contribution < -0.4 is 10.1 Å². The largest absolute Gasteiger partial charge is 0.497 e. The highest BCUT2D eigenvalue weighted by molar-refractivity contribution is 6.01. The number of anilines is 1. The second-order valence-electron chi connectivity index (χ2n) is 7.44. The zero-order chi connectivity index (χ0) is 19.7. The summed E-state index contributed by atoms with van der Waals surface area (Å²) in [6, 6.07) is 19.8. The molecule has 1 amide bonds. The molecule has 1 fully saturated rings. The molecular formula is C24H24N2O2.